The molecule has 0 saturated heterocycles. The molecule has 0 aliphatic rings. The van der Waals surface area contributed by atoms with Crippen molar-refractivity contribution in [2.45, 2.75) is 20.2 Å². The summed E-state index contributed by atoms with van der Waals surface area (Å²) in [6.45, 7) is 4.12. The molecule has 1 aromatic carbocycles. The first kappa shape index (κ1) is 9.84. The zero-order chi connectivity index (χ0) is 9.84. The molecular formula is C10H13BO2. The maximum Gasteiger partial charge on any atom is 0.307 e. The number of hydrogen-bond acceptors (Lipinski definition) is 1. The molecule has 0 radical (unpaired) electrons. The largest absolute Gasteiger partial charge is 0.481 e. The first-order valence-electron chi connectivity index (χ1n) is 4.43. The quantitative estimate of drug-likeness (QED) is 0.689. The molecule has 1 aromatic rings. The summed E-state index contributed by atoms with van der Waals surface area (Å²) in [6.07, 6.45) is 0.118. The van der Waals surface area contributed by atoms with Gasteiger partial charge in [0.25, 0.3) is 0 Å². The van der Waals surface area contributed by atoms with E-state index in [1.165, 1.54) is 11.0 Å². The minimum absolute atomic E-state index is 0.118. The van der Waals surface area contributed by atoms with Gasteiger partial charge in [0.1, 0.15) is 0 Å². The predicted octanol–water partition coefficient (Wildman–Crippen LogP) is 0.732. The van der Waals surface area contributed by atoms with Crippen LogP contribution < -0.4 is 5.46 Å². The molecule has 13 heavy (non-hydrogen) atoms. The summed E-state index contributed by atoms with van der Waals surface area (Å²) in [4.78, 5) is 10.5. The molecule has 0 aromatic heterocycles. The lowest BCUT2D eigenvalue weighted by Crippen LogP contribution is -2.16. The molecule has 1 rings (SSSR count). The summed E-state index contributed by atoms with van der Waals surface area (Å²) in [5, 5.41) is 8.60. The van der Waals surface area contributed by atoms with Crippen molar-refractivity contribution in [3.8, 4) is 0 Å². The minimum atomic E-state index is -0.772. The predicted molar refractivity (Wildman–Crippen MR) is 55.2 cm³/mol. The fraction of sp³-hybridized carbons (Fsp3) is 0.300. The van der Waals surface area contributed by atoms with Crippen LogP contribution in [0.25, 0.3) is 0 Å². The van der Waals surface area contributed by atoms with Crippen LogP contribution in [0.15, 0.2) is 18.2 Å². The Hall–Kier alpha value is -1.25. The Morgan fingerprint density at radius 2 is 2.23 bits per heavy atom. The minimum Gasteiger partial charge on any atom is -0.481 e. The molecule has 2 nitrogen and oxygen atoms in total. The summed E-state index contributed by atoms with van der Waals surface area (Å²) in [5.74, 6) is -0.772. The van der Waals surface area contributed by atoms with E-state index < -0.39 is 5.97 Å². The summed E-state index contributed by atoms with van der Waals surface area (Å²) in [7, 11) is 0.958. The van der Waals surface area contributed by atoms with Gasteiger partial charge in [-0.2, -0.15) is 0 Å². The molecular weight excluding hydrogens is 163 g/mol. The van der Waals surface area contributed by atoms with E-state index in [0.717, 1.165) is 12.8 Å². The van der Waals surface area contributed by atoms with Crippen molar-refractivity contribution in [2.24, 2.45) is 0 Å². The molecule has 0 aliphatic heterocycles. The third-order valence-electron chi connectivity index (χ3n) is 2.15. The van der Waals surface area contributed by atoms with Crippen molar-refractivity contribution in [2.75, 3.05) is 0 Å². The Balaban J connectivity index is 2.92. The maximum absolute atomic E-state index is 10.5. The van der Waals surface area contributed by atoms with Crippen molar-refractivity contribution < 1.29 is 9.90 Å². The van der Waals surface area contributed by atoms with Gasteiger partial charge in [0.15, 0.2) is 7.28 Å². The topological polar surface area (TPSA) is 37.3 Å². The molecule has 0 aliphatic carbocycles. The summed E-state index contributed by atoms with van der Waals surface area (Å²) in [5.41, 5.74) is 3.35. The number of carboxylic acid groups (broad SMARTS) is 1. The average Bonchev–Trinajstić information content (AvgIpc) is 2.07. The first-order valence-corrected chi connectivity index (χ1v) is 4.43. The highest BCUT2D eigenvalue weighted by Crippen LogP contribution is 2.01. The van der Waals surface area contributed by atoms with Crippen LogP contribution in [0.4, 0.5) is 0 Å². The smallest absolute Gasteiger partial charge is 0.307 e. The highest BCUT2D eigenvalue weighted by Gasteiger charge is 2.02. The lowest BCUT2D eigenvalue weighted by molar-refractivity contribution is -0.136. The van der Waals surface area contributed by atoms with Crippen LogP contribution in [0.1, 0.15) is 11.1 Å². The van der Waals surface area contributed by atoms with Crippen molar-refractivity contribution in [1.82, 2.24) is 0 Å². The fourth-order valence-corrected chi connectivity index (χ4v) is 1.39. The Morgan fingerprint density at radius 1 is 1.54 bits per heavy atom. The van der Waals surface area contributed by atoms with E-state index >= 15 is 0 Å². The molecule has 0 saturated carbocycles. The number of hydrogen-bond donors (Lipinski definition) is 1. The van der Waals surface area contributed by atoms with Crippen molar-refractivity contribution in [1.29, 1.82) is 0 Å². The van der Waals surface area contributed by atoms with E-state index in [2.05, 4.69) is 6.82 Å². The molecule has 0 atom stereocenters. The highest BCUT2D eigenvalue weighted by atomic mass is 16.4. The molecule has 0 unspecified atom stereocenters. The highest BCUT2D eigenvalue weighted by molar-refractivity contribution is 6.52. The van der Waals surface area contributed by atoms with Gasteiger partial charge in [-0.1, -0.05) is 36.0 Å². The van der Waals surface area contributed by atoms with Crippen LogP contribution >= 0.6 is 0 Å². The Bertz CT molecular complexity index is 321. The van der Waals surface area contributed by atoms with Crippen LogP contribution in [-0.2, 0) is 11.2 Å². The standard InChI is InChI=1S/C10H13BO2/c1-7-3-4-8(6-10(12)13)5-9(7)11-2/h3-5,11H,6H2,1-2H3,(H,12,13). The van der Waals surface area contributed by atoms with E-state index in [4.69, 9.17) is 5.11 Å². The Kier molecular flexibility index (Phi) is 3.12. The van der Waals surface area contributed by atoms with Gasteiger partial charge in [-0.3, -0.25) is 4.79 Å². The molecule has 0 amide bonds. The van der Waals surface area contributed by atoms with Gasteiger partial charge < -0.3 is 5.11 Å². The Labute approximate surface area is 78.8 Å². The zero-order valence-corrected chi connectivity index (χ0v) is 8.00. The van der Waals surface area contributed by atoms with Gasteiger partial charge in [-0.15, -0.1) is 0 Å². The number of benzene rings is 1. The lowest BCUT2D eigenvalue weighted by Gasteiger charge is -2.04. The molecule has 0 fully saturated rings. The monoisotopic (exact) mass is 176 g/mol. The van der Waals surface area contributed by atoms with Crippen molar-refractivity contribution in [3.63, 3.8) is 0 Å². The van der Waals surface area contributed by atoms with Crippen molar-refractivity contribution >= 4 is 18.7 Å². The van der Waals surface area contributed by atoms with Crippen LogP contribution in [0, 0.1) is 6.92 Å². The Morgan fingerprint density at radius 3 is 2.77 bits per heavy atom. The third-order valence-corrected chi connectivity index (χ3v) is 2.15. The number of carbonyl (C=O) groups is 1. The van der Waals surface area contributed by atoms with Gasteiger partial charge in [0, 0.05) is 0 Å². The SMILES string of the molecule is CBc1cc(CC(=O)O)ccc1C. The second-order valence-corrected chi connectivity index (χ2v) is 3.18. The van der Waals surface area contributed by atoms with Gasteiger partial charge in [0.2, 0.25) is 0 Å². The van der Waals surface area contributed by atoms with Crippen LogP contribution in [0.5, 0.6) is 0 Å². The van der Waals surface area contributed by atoms with Crippen LogP contribution in [-0.4, -0.2) is 18.4 Å². The zero-order valence-electron chi connectivity index (χ0n) is 8.00. The summed E-state index contributed by atoms with van der Waals surface area (Å²) < 4.78 is 0. The third kappa shape index (κ3) is 2.62. The summed E-state index contributed by atoms with van der Waals surface area (Å²) >= 11 is 0. The lowest BCUT2D eigenvalue weighted by atomic mass is 9.70. The van der Waals surface area contributed by atoms with E-state index in [0.29, 0.717) is 0 Å². The number of aryl methyl sites for hydroxylation is 1. The molecule has 1 N–H and O–H groups in total. The first-order chi connectivity index (χ1) is 6.13. The molecule has 0 heterocycles. The van der Waals surface area contributed by atoms with Gasteiger partial charge in [-0.05, 0) is 12.5 Å². The van der Waals surface area contributed by atoms with Crippen LogP contribution in [0.2, 0.25) is 6.82 Å². The molecule has 3 heteroatoms. The van der Waals surface area contributed by atoms with Gasteiger partial charge in [-0.25, -0.2) is 0 Å². The summed E-state index contributed by atoms with van der Waals surface area (Å²) in [6, 6.07) is 5.84. The van der Waals surface area contributed by atoms with E-state index in [9.17, 15) is 4.79 Å². The van der Waals surface area contributed by atoms with Crippen molar-refractivity contribution in [3.05, 3.63) is 29.3 Å². The van der Waals surface area contributed by atoms with E-state index in [-0.39, 0.29) is 6.42 Å². The van der Waals surface area contributed by atoms with Gasteiger partial charge >= 0.3 is 5.97 Å². The van der Waals surface area contributed by atoms with E-state index in [1.807, 2.05) is 25.1 Å². The number of carboxylic acids is 1. The normalized spacial score (nSPS) is 9.69. The molecule has 68 valence electrons. The second kappa shape index (κ2) is 4.12. The number of aliphatic carboxylic acids is 1. The molecule has 0 bridgehead atoms. The maximum atomic E-state index is 10.5. The average molecular weight is 176 g/mol. The van der Waals surface area contributed by atoms with E-state index in [1.54, 1.807) is 0 Å². The number of rotatable bonds is 3. The fourth-order valence-electron chi connectivity index (χ4n) is 1.39. The van der Waals surface area contributed by atoms with Crippen LogP contribution in [0.3, 0.4) is 0 Å². The second-order valence-electron chi connectivity index (χ2n) is 3.18. The van der Waals surface area contributed by atoms with Gasteiger partial charge in [0.05, 0.1) is 6.42 Å². The molecule has 0 spiro atoms.